The summed E-state index contributed by atoms with van der Waals surface area (Å²) in [6.07, 6.45) is 1.98. The summed E-state index contributed by atoms with van der Waals surface area (Å²) in [5, 5.41) is 0. The topological polar surface area (TPSA) is 29.5 Å². The third kappa shape index (κ3) is 4.58. The molecule has 0 fully saturated rings. The molecule has 0 atom stereocenters. The Morgan fingerprint density at radius 2 is 1.72 bits per heavy atom. The van der Waals surface area contributed by atoms with Crippen LogP contribution in [0.5, 0.6) is 0 Å². The fraction of sp³-hybridized carbons (Fsp3) is 0.318. The third-order valence-corrected chi connectivity index (χ3v) is 4.55. The Labute approximate surface area is 149 Å². The van der Waals surface area contributed by atoms with Crippen LogP contribution in [0.2, 0.25) is 0 Å². The van der Waals surface area contributed by atoms with Gasteiger partial charge in [0.1, 0.15) is 6.61 Å². The highest BCUT2D eigenvalue weighted by atomic mass is 16.5. The quantitative estimate of drug-likeness (QED) is 0.737. The highest BCUT2D eigenvalue weighted by Crippen LogP contribution is 2.28. The number of carbonyl (C=O) groups excluding carboxylic acids is 1. The fourth-order valence-electron chi connectivity index (χ4n) is 3.28. The van der Waals surface area contributed by atoms with Gasteiger partial charge >= 0.3 is 5.97 Å². The first-order chi connectivity index (χ1) is 12.3. The number of rotatable bonds is 6. The van der Waals surface area contributed by atoms with Crippen molar-refractivity contribution in [3.8, 4) is 0 Å². The first-order valence-electron chi connectivity index (χ1n) is 8.98. The zero-order chi connectivity index (χ0) is 17.5. The number of hydrogen-bond acceptors (Lipinski definition) is 3. The van der Waals surface area contributed by atoms with Crippen molar-refractivity contribution in [3.63, 3.8) is 0 Å². The molecular formula is C22H25NO2. The lowest BCUT2D eigenvalue weighted by Crippen LogP contribution is -2.35. The van der Waals surface area contributed by atoms with Crippen molar-refractivity contribution in [2.75, 3.05) is 19.6 Å². The maximum Gasteiger partial charge on any atom is 0.335 e. The van der Waals surface area contributed by atoms with Gasteiger partial charge in [-0.3, -0.25) is 4.90 Å². The maximum absolute atomic E-state index is 12.8. The van der Waals surface area contributed by atoms with Gasteiger partial charge in [0.25, 0.3) is 0 Å². The van der Waals surface area contributed by atoms with Gasteiger partial charge in [0.05, 0.1) is 5.57 Å². The van der Waals surface area contributed by atoms with Gasteiger partial charge in [-0.1, -0.05) is 67.6 Å². The molecule has 1 aliphatic heterocycles. The predicted molar refractivity (Wildman–Crippen MR) is 101 cm³/mol. The van der Waals surface area contributed by atoms with Crippen molar-refractivity contribution in [1.82, 2.24) is 4.90 Å². The van der Waals surface area contributed by atoms with Gasteiger partial charge in [-0.15, -0.1) is 0 Å². The molecule has 0 amide bonds. The molecule has 3 nitrogen and oxygen atoms in total. The monoisotopic (exact) mass is 335 g/mol. The molecule has 0 aromatic heterocycles. The van der Waals surface area contributed by atoms with Crippen LogP contribution in [0, 0.1) is 0 Å². The van der Waals surface area contributed by atoms with E-state index in [1.807, 2.05) is 48.5 Å². The van der Waals surface area contributed by atoms with Gasteiger partial charge < -0.3 is 4.74 Å². The zero-order valence-corrected chi connectivity index (χ0v) is 14.8. The molecule has 3 rings (SSSR count). The number of benzene rings is 2. The molecule has 0 unspecified atom stereocenters. The lowest BCUT2D eigenvalue weighted by atomic mass is 9.93. The molecule has 0 radical (unpaired) electrons. The smallest absolute Gasteiger partial charge is 0.335 e. The van der Waals surface area contributed by atoms with Crippen molar-refractivity contribution in [1.29, 1.82) is 0 Å². The normalized spacial score (nSPS) is 15.2. The second-order valence-electron chi connectivity index (χ2n) is 6.41. The average molecular weight is 335 g/mol. The summed E-state index contributed by atoms with van der Waals surface area (Å²) in [7, 11) is 0. The van der Waals surface area contributed by atoms with E-state index in [4.69, 9.17) is 4.74 Å². The van der Waals surface area contributed by atoms with Crippen LogP contribution in [0.3, 0.4) is 0 Å². The second kappa shape index (κ2) is 8.63. The first-order valence-corrected chi connectivity index (χ1v) is 8.98. The molecule has 1 aliphatic rings. The molecule has 0 spiro atoms. The van der Waals surface area contributed by atoms with Crippen molar-refractivity contribution in [2.45, 2.75) is 26.4 Å². The minimum Gasteiger partial charge on any atom is -0.457 e. The predicted octanol–water partition coefficient (Wildman–Crippen LogP) is 4.30. The molecule has 0 bridgehead atoms. The Bertz CT molecular complexity index is 722. The molecule has 130 valence electrons. The molecule has 0 N–H and O–H groups in total. The van der Waals surface area contributed by atoms with E-state index in [2.05, 4.69) is 24.0 Å². The van der Waals surface area contributed by atoms with E-state index >= 15 is 0 Å². The summed E-state index contributed by atoms with van der Waals surface area (Å²) in [5.74, 6) is -0.191. The third-order valence-electron chi connectivity index (χ3n) is 4.55. The van der Waals surface area contributed by atoms with Gasteiger partial charge in [-0.25, -0.2) is 4.79 Å². The van der Waals surface area contributed by atoms with Crippen LogP contribution >= 0.6 is 0 Å². The molecule has 0 aliphatic carbocycles. The standard InChI is InChI=1S/C22H25NO2/c1-2-14-23-15-13-20(19-11-7-4-8-12-19)21(16-23)22(24)25-17-18-9-5-3-6-10-18/h3-12H,2,13-17H2,1H3. The SMILES string of the molecule is CCCN1CCC(c2ccccc2)=C(C(=O)OCc2ccccc2)C1. The molecule has 3 heteroatoms. The van der Waals surface area contributed by atoms with Crippen LogP contribution in [-0.2, 0) is 16.1 Å². The van der Waals surface area contributed by atoms with Crippen LogP contribution in [0.15, 0.2) is 66.2 Å². The first kappa shape index (κ1) is 17.4. The van der Waals surface area contributed by atoms with E-state index in [1.165, 1.54) is 0 Å². The van der Waals surface area contributed by atoms with Gasteiger partial charge in [0.2, 0.25) is 0 Å². The molecular weight excluding hydrogens is 310 g/mol. The van der Waals surface area contributed by atoms with E-state index in [0.29, 0.717) is 13.2 Å². The molecule has 2 aromatic rings. The Morgan fingerprint density at radius 3 is 2.40 bits per heavy atom. The van der Waals surface area contributed by atoms with E-state index in [9.17, 15) is 4.79 Å². The number of ether oxygens (including phenoxy) is 1. The van der Waals surface area contributed by atoms with Crippen LogP contribution in [0.1, 0.15) is 30.9 Å². The van der Waals surface area contributed by atoms with Crippen molar-refractivity contribution >= 4 is 11.5 Å². The minimum atomic E-state index is -0.191. The highest BCUT2D eigenvalue weighted by molar-refractivity contribution is 5.98. The van der Waals surface area contributed by atoms with Crippen LogP contribution in [-0.4, -0.2) is 30.5 Å². The van der Waals surface area contributed by atoms with E-state index < -0.39 is 0 Å². The van der Waals surface area contributed by atoms with Gasteiger partial charge in [0, 0.05) is 13.1 Å². The molecule has 2 aromatic carbocycles. The summed E-state index contributed by atoms with van der Waals surface area (Å²) in [6, 6.07) is 20.0. The number of carbonyl (C=O) groups is 1. The summed E-state index contributed by atoms with van der Waals surface area (Å²) < 4.78 is 5.62. The zero-order valence-electron chi connectivity index (χ0n) is 14.8. The fourth-order valence-corrected chi connectivity index (χ4v) is 3.28. The summed E-state index contributed by atoms with van der Waals surface area (Å²) in [5.41, 5.74) is 4.08. The van der Waals surface area contributed by atoms with Crippen molar-refractivity contribution < 1.29 is 9.53 Å². The van der Waals surface area contributed by atoms with E-state index in [-0.39, 0.29) is 5.97 Å². The maximum atomic E-state index is 12.8. The van der Waals surface area contributed by atoms with Crippen LogP contribution < -0.4 is 0 Å². The molecule has 25 heavy (non-hydrogen) atoms. The van der Waals surface area contributed by atoms with E-state index in [0.717, 1.165) is 48.2 Å². The summed E-state index contributed by atoms with van der Waals surface area (Å²) >= 11 is 0. The van der Waals surface area contributed by atoms with Gasteiger partial charge in [-0.05, 0) is 36.1 Å². The minimum absolute atomic E-state index is 0.191. The number of hydrogen-bond donors (Lipinski definition) is 0. The Balaban J connectivity index is 1.80. The largest absolute Gasteiger partial charge is 0.457 e. The van der Waals surface area contributed by atoms with Gasteiger partial charge in [-0.2, -0.15) is 0 Å². The lowest BCUT2D eigenvalue weighted by Gasteiger charge is -2.30. The highest BCUT2D eigenvalue weighted by Gasteiger charge is 2.25. The van der Waals surface area contributed by atoms with E-state index in [1.54, 1.807) is 0 Å². The van der Waals surface area contributed by atoms with Crippen LogP contribution in [0.4, 0.5) is 0 Å². The van der Waals surface area contributed by atoms with Gasteiger partial charge in [0.15, 0.2) is 0 Å². The average Bonchev–Trinajstić information content (AvgIpc) is 2.68. The summed E-state index contributed by atoms with van der Waals surface area (Å²) in [6.45, 7) is 5.17. The Kier molecular flexibility index (Phi) is 6.02. The van der Waals surface area contributed by atoms with Crippen molar-refractivity contribution in [2.24, 2.45) is 0 Å². The summed E-state index contributed by atoms with van der Waals surface area (Å²) in [4.78, 5) is 15.1. The number of esters is 1. The Morgan fingerprint density at radius 1 is 1.04 bits per heavy atom. The Hall–Kier alpha value is -2.39. The number of nitrogens with zero attached hydrogens (tertiary/aromatic N) is 1. The molecule has 0 saturated heterocycles. The second-order valence-corrected chi connectivity index (χ2v) is 6.41. The lowest BCUT2D eigenvalue weighted by molar-refractivity contribution is -0.140. The molecule has 1 heterocycles. The van der Waals surface area contributed by atoms with Crippen LogP contribution in [0.25, 0.3) is 5.57 Å². The molecule has 0 saturated carbocycles. The van der Waals surface area contributed by atoms with Crippen molar-refractivity contribution in [3.05, 3.63) is 77.4 Å².